The molecule has 0 aromatic heterocycles. The van der Waals surface area contributed by atoms with Crippen LogP contribution in [0.25, 0.3) is 0 Å². The number of nitrogens with one attached hydrogen (secondary N) is 1. The van der Waals surface area contributed by atoms with E-state index < -0.39 is 54.3 Å². The van der Waals surface area contributed by atoms with Crippen molar-refractivity contribution in [3.63, 3.8) is 0 Å². The molecule has 2 aliphatic heterocycles. The Morgan fingerprint density at radius 1 is 1.19 bits per heavy atom. The molecule has 2 saturated heterocycles. The van der Waals surface area contributed by atoms with Crippen LogP contribution in [0.5, 0.6) is 0 Å². The third-order valence-electron chi connectivity index (χ3n) is 4.42. The van der Waals surface area contributed by atoms with Crippen LogP contribution in [0, 0.1) is 0 Å². The summed E-state index contributed by atoms with van der Waals surface area (Å²) < 4.78 is 19.2. The fourth-order valence-corrected chi connectivity index (χ4v) is 3.32. The average molecular weight is 387 g/mol. The van der Waals surface area contributed by atoms with Crippen molar-refractivity contribution in [1.82, 2.24) is 15.1 Å². The third kappa shape index (κ3) is 5.30. The quantitative estimate of drug-likeness (QED) is 0.727. The molecule has 0 radical (unpaired) electrons. The summed E-state index contributed by atoms with van der Waals surface area (Å²) in [6.45, 7) is 4.53. The molecule has 2 heterocycles. The minimum absolute atomic E-state index is 0.155. The molecule has 0 saturated carbocycles. The molecule has 0 spiro atoms. The Morgan fingerprint density at radius 3 is 2.44 bits per heavy atom. The Hall–Kier alpha value is -2.39. The van der Waals surface area contributed by atoms with Crippen molar-refractivity contribution in [3.8, 4) is 0 Å². The molecule has 0 aromatic carbocycles. The number of alkyl halides is 1. The highest BCUT2D eigenvalue weighted by atomic mass is 19.1. The predicted molar refractivity (Wildman–Crippen MR) is 91.6 cm³/mol. The van der Waals surface area contributed by atoms with Gasteiger partial charge >= 0.3 is 12.1 Å². The van der Waals surface area contributed by atoms with Gasteiger partial charge in [0.2, 0.25) is 11.8 Å². The molecule has 2 aliphatic rings. The third-order valence-corrected chi connectivity index (χ3v) is 4.42. The molecule has 3 atom stereocenters. The van der Waals surface area contributed by atoms with E-state index >= 15 is 0 Å². The lowest BCUT2D eigenvalue weighted by atomic mass is 10.1. The number of carboxylic acids is 1. The van der Waals surface area contributed by atoms with Gasteiger partial charge in [-0.25, -0.2) is 9.18 Å². The second kappa shape index (κ2) is 8.10. The van der Waals surface area contributed by atoms with Gasteiger partial charge in [0.25, 0.3) is 0 Å². The van der Waals surface area contributed by atoms with Gasteiger partial charge in [0, 0.05) is 13.0 Å². The molecular formula is C17H26FN3O6. The van der Waals surface area contributed by atoms with E-state index in [1.807, 2.05) is 0 Å². The molecule has 1 unspecified atom stereocenters. The summed E-state index contributed by atoms with van der Waals surface area (Å²) in [5, 5.41) is 10.9. The van der Waals surface area contributed by atoms with Crippen LogP contribution in [0.1, 0.15) is 40.0 Å². The highest BCUT2D eigenvalue weighted by Crippen LogP contribution is 2.28. The lowest BCUT2D eigenvalue weighted by Gasteiger charge is -2.31. The Kier molecular flexibility index (Phi) is 6.27. The van der Waals surface area contributed by atoms with E-state index in [0.717, 1.165) is 4.90 Å². The maximum atomic E-state index is 14.0. The number of carboxylic acid groups (broad SMARTS) is 1. The predicted octanol–water partition coefficient (Wildman–Crippen LogP) is 0.526. The van der Waals surface area contributed by atoms with Gasteiger partial charge in [-0.2, -0.15) is 0 Å². The van der Waals surface area contributed by atoms with Crippen LogP contribution >= 0.6 is 0 Å². The molecule has 27 heavy (non-hydrogen) atoms. The highest BCUT2D eigenvalue weighted by Gasteiger charge is 2.46. The van der Waals surface area contributed by atoms with Crippen LogP contribution in [0.4, 0.5) is 9.18 Å². The van der Waals surface area contributed by atoms with Crippen LogP contribution in [-0.2, 0) is 19.1 Å². The molecule has 9 nitrogen and oxygen atoms in total. The number of rotatable bonds is 4. The van der Waals surface area contributed by atoms with E-state index in [1.165, 1.54) is 4.90 Å². The number of likely N-dealkylation sites (tertiary alicyclic amines) is 2. The Bertz CT molecular complexity index is 620. The van der Waals surface area contributed by atoms with Crippen molar-refractivity contribution in [3.05, 3.63) is 0 Å². The van der Waals surface area contributed by atoms with Crippen LogP contribution in [-0.4, -0.2) is 82.3 Å². The normalized spacial score (nSPS) is 25.4. The van der Waals surface area contributed by atoms with Crippen molar-refractivity contribution < 1.29 is 33.4 Å². The fraction of sp³-hybridized carbons (Fsp3) is 0.765. The number of amides is 3. The molecule has 3 amide bonds. The smallest absolute Gasteiger partial charge is 0.411 e. The van der Waals surface area contributed by atoms with Gasteiger partial charge in [0.05, 0.1) is 6.54 Å². The van der Waals surface area contributed by atoms with E-state index in [-0.39, 0.29) is 13.0 Å². The molecule has 10 heteroatoms. The Balaban J connectivity index is 2.10. The number of ether oxygens (including phenoxy) is 1. The molecule has 2 rings (SSSR count). The molecular weight excluding hydrogens is 361 g/mol. The zero-order valence-corrected chi connectivity index (χ0v) is 15.7. The molecule has 2 N–H and O–H groups in total. The summed E-state index contributed by atoms with van der Waals surface area (Å²) in [7, 11) is 0. The van der Waals surface area contributed by atoms with E-state index in [1.54, 1.807) is 20.8 Å². The maximum Gasteiger partial charge on any atom is 0.411 e. The number of carbonyl (C=O) groups is 4. The van der Waals surface area contributed by atoms with Crippen LogP contribution in [0.15, 0.2) is 0 Å². The zero-order valence-electron chi connectivity index (χ0n) is 15.7. The Labute approximate surface area is 156 Å². The maximum absolute atomic E-state index is 14.0. The van der Waals surface area contributed by atoms with Gasteiger partial charge in [0.15, 0.2) is 0 Å². The number of hydrogen-bond donors (Lipinski definition) is 2. The first-order chi connectivity index (χ1) is 12.5. The van der Waals surface area contributed by atoms with Crippen molar-refractivity contribution in [2.75, 3.05) is 19.6 Å². The van der Waals surface area contributed by atoms with Crippen molar-refractivity contribution >= 4 is 23.9 Å². The summed E-state index contributed by atoms with van der Waals surface area (Å²) in [6, 6.07) is -1.86. The summed E-state index contributed by atoms with van der Waals surface area (Å²) in [5.41, 5.74) is -0.786. The second-order valence-corrected chi connectivity index (χ2v) is 7.78. The van der Waals surface area contributed by atoms with Gasteiger partial charge < -0.3 is 20.1 Å². The van der Waals surface area contributed by atoms with Crippen molar-refractivity contribution in [1.29, 1.82) is 0 Å². The number of aliphatic carboxylic acids is 1. The van der Waals surface area contributed by atoms with Crippen molar-refractivity contribution in [2.45, 2.75) is 63.9 Å². The molecule has 2 fully saturated rings. The van der Waals surface area contributed by atoms with Crippen LogP contribution in [0.3, 0.4) is 0 Å². The highest BCUT2D eigenvalue weighted by molar-refractivity contribution is 5.93. The summed E-state index contributed by atoms with van der Waals surface area (Å²) in [5.74, 6) is -2.28. The van der Waals surface area contributed by atoms with E-state index in [2.05, 4.69) is 5.32 Å². The first-order valence-electron chi connectivity index (χ1n) is 8.93. The average Bonchev–Trinajstić information content (AvgIpc) is 3.16. The molecule has 0 bridgehead atoms. The summed E-state index contributed by atoms with van der Waals surface area (Å²) in [4.78, 5) is 50.5. The van der Waals surface area contributed by atoms with Gasteiger partial charge in [-0.05, 0) is 33.6 Å². The van der Waals surface area contributed by atoms with Gasteiger partial charge in [-0.1, -0.05) is 0 Å². The molecule has 0 aliphatic carbocycles. The second-order valence-electron chi connectivity index (χ2n) is 7.78. The van der Waals surface area contributed by atoms with Crippen molar-refractivity contribution in [2.24, 2.45) is 0 Å². The Morgan fingerprint density at radius 2 is 1.85 bits per heavy atom. The lowest BCUT2D eigenvalue weighted by molar-refractivity contribution is -0.143. The van der Waals surface area contributed by atoms with Gasteiger partial charge in [-0.3, -0.25) is 19.3 Å². The minimum atomic E-state index is -1.35. The van der Waals surface area contributed by atoms with Gasteiger partial charge in [0.1, 0.15) is 30.4 Å². The number of nitrogens with zero attached hydrogens (tertiary/aromatic N) is 2. The lowest BCUT2D eigenvalue weighted by Crippen LogP contribution is -2.53. The summed E-state index contributed by atoms with van der Waals surface area (Å²) in [6.07, 6.45) is -1.33. The largest absolute Gasteiger partial charge is 0.480 e. The first kappa shape index (κ1) is 20.9. The molecule has 152 valence electrons. The summed E-state index contributed by atoms with van der Waals surface area (Å²) >= 11 is 0. The number of halogens is 1. The van der Waals surface area contributed by atoms with E-state index in [4.69, 9.17) is 9.84 Å². The topological polar surface area (TPSA) is 116 Å². The first-order valence-corrected chi connectivity index (χ1v) is 8.93. The standard InChI is InChI=1S/C17H26FN3O6/c1-17(2,3)27-16(26)21-9-10(18)7-12(21)15(25)20-6-4-5-11(20)14(24)19-8-13(22)23/h10-12H,4-9H2,1-3H3,(H,19,24)(H,22,23)/t10?,11-,12-/m1/s1. The van der Waals surface area contributed by atoms with E-state index in [0.29, 0.717) is 19.4 Å². The van der Waals surface area contributed by atoms with Crippen LogP contribution < -0.4 is 5.32 Å². The van der Waals surface area contributed by atoms with E-state index in [9.17, 15) is 23.6 Å². The van der Waals surface area contributed by atoms with Crippen LogP contribution in [0.2, 0.25) is 0 Å². The SMILES string of the molecule is CC(C)(C)OC(=O)N1CC(F)C[C@@H]1C(=O)N1CCC[C@@H]1C(=O)NCC(=O)O. The monoisotopic (exact) mass is 387 g/mol. The van der Waals surface area contributed by atoms with Gasteiger partial charge in [-0.15, -0.1) is 0 Å². The zero-order chi connectivity index (χ0) is 20.4. The molecule has 0 aromatic rings. The number of hydrogen-bond acceptors (Lipinski definition) is 5. The minimum Gasteiger partial charge on any atom is -0.480 e. The number of carbonyl (C=O) groups excluding carboxylic acids is 3. The fourth-order valence-electron chi connectivity index (χ4n) is 3.32.